The summed E-state index contributed by atoms with van der Waals surface area (Å²) in [6.45, 7) is 14.2. The molecule has 0 aromatic carbocycles. The lowest BCUT2D eigenvalue weighted by molar-refractivity contribution is -0.161. The van der Waals surface area contributed by atoms with Crippen molar-refractivity contribution < 1.29 is 80.2 Å². The van der Waals surface area contributed by atoms with Gasteiger partial charge in [0.05, 0.1) is 26.4 Å². The number of ether oxygens (including phenoxy) is 4. The first-order chi connectivity index (χ1) is 46.1. The Labute approximate surface area is 588 Å². The number of esters is 4. The van der Waals surface area contributed by atoms with Crippen LogP contribution in [0.15, 0.2) is 0 Å². The molecule has 570 valence electrons. The van der Waals surface area contributed by atoms with E-state index in [1.165, 1.54) is 193 Å². The van der Waals surface area contributed by atoms with Crippen LogP contribution in [-0.2, 0) is 65.4 Å². The van der Waals surface area contributed by atoms with Crippen LogP contribution in [0.5, 0.6) is 0 Å². The first-order valence-corrected chi connectivity index (χ1v) is 42.7. The van der Waals surface area contributed by atoms with Crippen molar-refractivity contribution in [1.82, 2.24) is 0 Å². The molecule has 0 saturated carbocycles. The molecule has 0 radical (unpaired) electrons. The van der Waals surface area contributed by atoms with Crippen LogP contribution in [0.1, 0.15) is 389 Å². The van der Waals surface area contributed by atoms with E-state index in [1.54, 1.807) is 0 Å². The predicted octanol–water partition coefficient (Wildman–Crippen LogP) is 22.4. The zero-order valence-corrected chi connectivity index (χ0v) is 64.8. The van der Waals surface area contributed by atoms with Crippen molar-refractivity contribution in [3.8, 4) is 0 Å². The Morgan fingerprint density at radius 3 is 0.740 bits per heavy atom. The van der Waals surface area contributed by atoms with E-state index in [2.05, 4.69) is 55.4 Å². The molecule has 4 unspecified atom stereocenters. The van der Waals surface area contributed by atoms with Gasteiger partial charge in [0, 0.05) is 25.7 Å². The zero-order chi connectivity index (χ0) is 71.0. The Morgan fingerprint density at radius 2 is 0.500 bits per heavy atom. The van der Waals surface area contributed by atoms with E-state index in [4.69, 9.17) is 37.0 Å². The maximum Gasteiger partial charge on any atom is 0.472 e. The number of rotatable bonds is 74. The highest BCUT2D eigenvalue weighted by Gasteiger charge is 2.30. The van der Waals surface area contributed by atoms with Crippen LogP contribution in [0.4, 0.5) is 0 Å². The van der Waals surface area contributed by atoms with E-state index in [0.29, 0.717) is 25.7 Å². The van der Waals surface area contributed by atoms with Crippen LogP contribution >= 0.6 is 15.6 Å². The van der Waals surface area contributed by atoms with Crippen molar-refractivity contribution >= 4 is 39.5 Å². The number of hydrogen-bond donors (Lipinski definition) is 3. The van der Waals surface area contributed by atoms with Gasteiger partial charge >= 0.3 is 39.5 Å². The summed E-state index contributed by atoms with van der Waals surface area (Å²) in [4.78, 5) is 72.9. The number of carbonyl (C=O) groups excluding carboxylic acids is 4. The molecule has 0 bridgehead atoms. The molecule has 0 aromatic rings. The smallest absolute Gasteiger partial charge is 0.462 e. The van der Waals surface area contributed by atoms with Crippen molar-refractivity contribution in [2.24, 2.45) is 23.7 Å². The average Bonchev–Trinajstić information content (AvgIpc) is 1.24. The average molecular weight is 1410 g/mol. The standard InChI is InChI=1S/C77H150O17P2/c1-9-70(8)56-48-40-32-26-28-36-44-52-60-77(82)94-73(64-88-75(80)58-50-42-34-27-25-31-39-47-55-69(6)7)66-92-96(85,86)90-62-71(78)61-89-95(83,84)91-65-72(93-76(81)59-51-43-35-24-20-16-12-14-18-22-30-38-46-54-68(4)5)63-87-74(79)57-49-41-33-23-19-15-11-10-13-17-21-29-37-45-53-67(2)3/h67-73,78H,9-66H2,1-8H3,(H,83,84)(H,85,86)/t70?,71?,72-,73-/m1/s1. The number of aliphatic hydroxyl groups excluding tert-OH is 1. The molecule has 0 aliphatic rings. The molecule has 0 saturated heterocycles. The Balaban J connectivity index is 5.26. The molecule has 19 heteroatoms. The van der Waals surface area contributed by atoms with Crippen LogP contribution in [0.25, 0.3) is 0 Å². The monoisotopic (exact) mass is 1410 g/mol. The van der Waals surface area contributed by atoms with Gasteiger partial charge in [-0.2, -0.15) is 0 Å². The summed E-state index contributed by atoms with van der Waals surface area (Å²) >= 11 is 0. The summed E-state index contributed by atoms with van der Waals surface area (Å²) in [7, 11) is -9.92. The lowest BCUT2D eigenvalue weighted by Gasteiger charge is -2.21. The van der Waals surface area contributed by atoms with Crippen molar-refractivity contribution in [2.45, 2.75) is 408 Å². The first kappa shape index (κ1) is 94.1. The molecule has 6 atom stereocenters. The second-order valence-electron chi connectivity index (χ2n) is 29.4. The number of phosphoric ester groups is 2. The van der Waals surface area contributed by atoms with Gasteiger partial charge in [-0.1, -0.05) is 338 Å². The Kier molecular flexibility index (Phi) is 65.0. The number of hydrogen-bond acceptors (Lipinski definition) is 15. The second kappa shape index (κ2) is 66.3. The topological polar surface area (TPSA) is 237 Å². The molecule has 0 aliphatic heterocycles. The van der Waals surface area contributed by atoms with Crippen LogP contribution in [0, 0.1) is 23.7 Å². The summed E-state index contributed by atoms with van der Waals surface area (Å²) in [5.74, 6) is 0.961. The number of carbonyl (C=O) groups is 4. The van der Waals surface area contributed by atoms with E-state index >= 15 is 0 Å². The summed E-state index contributed by atoms with van der Waals surface area (Å²) in [5, 5.41) is 10.6. The largest absolute Gasteiger partial charge is 0.472 e. The van der Waals surface area contributed by atoms with Gasteiger partial charge in [-0.05, 0) is 49.4 Å². The third-order valence-electron chi connectivity index (χ3n) is 18.2. The summed E-state index contributed by atoms with van der Waals surface area (Å²) < 4.78 is 68.6. The quantitative estimate of drug-likeness (QED) is 0.0222. The third-order valence-corrected chi connectivity index (χ3v) is 20.1. The second-order valence-corrected chi connectivity index (χ2v) is 32.3. The first-order valence-electron chi connectivity index (χ1n) is 39.7. The minimum Gasteiger partial charge on any atom is -0.462 e. The van der Waals surface area contributed by atoms with Gasteiger partial charge in [0.25, 0.3) is 0 Å². The molecule has 0 aliphatic carbocycles. The molecule has 0 heterocycles. The Hall–Kier alpha value is -1.94. The van der Waals surface area contributed by atoms with Crippen LogP contribution in [0.3, 0.4) is 0 Å². The number of aliphatic hydroxyl groups is 1. The normalized spacial score (nSPS) is 14.4. The third kappa shape index (κ3) is 69.2. The van der Waals surface area contributed by atoms with Gasteiger partial charge in [0.15, 0.2) is 12.2 Å². The van der Waals surface area contributed by atoms with Crippen LogP contribution in [0.2, 0.25) is 0 Å². The molecule has 0 aromatic heterocycles. The van der Waals surface area contributed by atoms with Crippen molar-refractivity contribution in [1.29, 1.82) is 0 Å². The summed E-state index contributed by atoms with van der Waals surface area (Å²) in [6, 6.07) is 0. The molecule has 17 nitrogen and oxygen atoms in total. The summed E-state index contributed by atoms with van der Waals surface area (Å²) in [5.41, 5.74) is 0. The minimum absolute atomic E-state index is 0.104. The van der Waals surface area contributed by atoms with E-state index in [9.17, 15) is 43.2 Å². The van der Waals surface area contributed by atoms with E-state index in [0.717, 1.165) is 114 Å². The highest BCUT2D eigenvalue weighted by molar-refractivity contribution is 7.47. The SMILES string of the molecule is CCC(C)CCCCCCCCCCC(=O)O[C@H](COC(=O)CCCCCCCCCCC(C)C)COP(=O)(O)OCC(O)COP(=O)(O)OC[C@@H](COC(=O)CCCCCCCCCCCCCCCCC(C)C)OC(=O)CCCCCCCCCCCCCCCC(C)C. The molecule has 3 N–H and O–H groups in total. The van der Waals surface area contributed by atoms with Crippen LogP contribution < -0.4 is 0 Å². The molecular formula is C77H150O17P2. The van der Waals surface area contributed by atoms with Crippen molar-refractivity contribution in [2.75, 3.05) is 39.6 Å². The number of unbranched alkanes of at least 4 members (excludes halogenated alkanes) is 39. The van der Waals surface area contributed by atoms with Crippen LogP contribution in [-0.4, -0.2) is 96.7 Å². The minimum atomic E-state index is -4.96. The van der Waals surface area contributed by atoms with Crippen molar-refractivity contribution in [3.05, 3.63) is 0 Å². The molecule has 0 spiro atoms. The number of phosphoric acid groups is 2. The van der Waals surface area contributed by atoms with Gasteiger partial charge in [0.2, 0.25) is 0 Å². The molecular weight excluding hydrogens is 1260 g/mol. The molecule has 96 heavy (non-hydrogen) atoms. The highest BCUT2D eigenvalue weighted by Crippen LogP contribution is 2.45. The lowest BCUT2D eigenvalue weighted by Crippen LogP contribution is -2.30. The fourth-order valence-corrected chi connectivity index (χ4v) is 13.3. The molecule has 0 amide bonds. The highest BCUT2D eigenvalue weighted by atomic mass is 31.2. The Bertz CT molecular complexity index is 1890. The van der Waals surface area contributed by atoms with E-state index < -0.39 is 97.5 Å². The maximum absolute atomic E-state index is 13.1. The lowest BCUT2D eigenvalue weighted by atomic mass is 9.99. The van der Waals surface area contributed by atoms with Gasteiger partial charge in [-0.15, -0.1) is 0 Å². The van der Waals surface area contributed by atoms with E-state index in [-0.39, 0.29) is 25.7 Å². The van der Waals surface area contributed by atoms with Gasteiger partial charge in [0.1, 0.15) is 19.3 Å². The van der Waals surface area contributed by atoms with Gasteiger partial charge in [-0.3, -0.25) is 37.3 Å². The predicted molar refractivity (Wildman–Crippen MR) is 391 cm³/mol. The maximum atomic E-state index is 13.1. The summed E-state index contributed by atoms with van der Waals surface area (Å²) in [6.07, 6.45) is 51.3. The zero-order valence-electron chi connectivity index (χ0n) is 63.0. The Morgan fingerprint density at radius 1 is 0.292 bits per heavy atom. The van der Waals surface area contributed by atoms with Gasteiger partial charge < -0.3 is 33.8 Å². The van der Waals surface area contributed by atoms with Crippen molar-refractivity contribution in [3.63, 3.8) is 0 Å². The van der Waals surface area contributed by atoms with Gasteiger partial charge in [-0.25, -0.2) is 9.13 Å². The molecule has 0 rings (SSSR count). The molecule has 0 fully saturated rings. The fourth-order valence-electron chi connectivity index (χ4n) is 11.7. The van der Waals surface area contributed by atoms with E-state index in [1.807, 2.05) is 0 Å². The fraction of sp³-hybridized carbons (Fsp3) is 0.948.